The van der Waals surface area contributed by atoms with Crippen molar-refractivity contribution in [1.82, 2.24) is 15.4 Å². The van der Waals surface area contributed by atoms with Gasteiger partial charge in [0.1, 0.15) is 0 Å². The van der Waals surface area contributed by atoms with E-state index in [1.165, 1.54) is 12.8 Å². The lowest BCUT2D eigenvalue weighted by Crippen LogP contribution is -2.41. The normalized spacial score (nSPS) is 14.5. The number of rotatable bonds is 12. The van der Waals surface area contributed by atoms with Gasteiger partial charge in [-0.2, -0.15) is 0 Å². The van der Waals surface area contributed by atoms with Crippen molar-refractivity contribution >= 4 is 40.0 Å². The number of hydrogen-bond donors (Lipinski definition) is 3. The third-order valence-corrected chi connectivity index (χ3v) is 5.35. The first kappa shape index (κ1) is 24.1. The lowest BCUT2D eigenvalue weighted by atomic mass is 10.4. The minimum absolute atomic E-state index is 0. The van der Waals surface area contributed by atoms with E-state index in [1.54, 1.807) is 30.3 Å². The molecule has 1 saturated carbocycles. The highest BCUT2D eigenvalue weighted by Crippen LogP contribution is 2.28. The maximum atomic E-state index is 12.1. The third kappa shape index (κ3) is 10.3. The maximum Gasteiger partial charge on any atom is 0.240 e. The zero-order valence-electron chi connectivity index (χ0n) is 15.8. The zero-order chi connectivity index (χ0) is 18.7. The van der Waals surface area contributed by atoms with E-state index in [4.69, 9.17) is 4.74 Å². The molecular weight excluding hydrogens is 479 g/mol. The first-order valence-corrected chi connectivity index (χ1v) is 10.7. The van der Waals surface area contributed by atoms with Gasteiger partial charge in [-0.25, -0.2) is 13.1 Å². The zero-order valence-corrected chi connectivity index (χ0v) is 19.0. The highest BCUT2D eigenvalue weighted by Gasteiger charge is 2.20. The molecule has 3 N–H and O–H groups in total. The number of benzene rings is 1. The molecule has 0 radical (unpaired) electrons. The summed E-state index contributed by atoms with van der Waals surface area (Å²) in [6.07, 6.45) is 3.49. The van der Waals surface area contributed by atoms with Crippen molar-refractivity contribution in [3.05, 3.63) is 30.3 Å². The Morgan fingerprint density at radius 2 is 1.93 bits per heavy atom. The van der Waals surface area contributed by atoms with Crippen LogP contribution in [0.3, 0.4) is 0 Å². The van der Waals surface area contributed by atoms with E-state index >= 15 is 0 Å². The standard InChI is InChI=1S/C18H30N4O3S.HI/c1-2-19-18(20-11-6-14-25-15-16-9-10-16)21-12-13-22-26(23,24)17-7-4-3-5-8-17;/h3-5,7-8,16,22H,2,6,9-15H2,1H3,(H2,19,20,21);1H. The van der Waals surface area contributed by atoms with Gasteiger partial charge in [0.05, 0.1) is 4.90 Å². The maximum absolute atomic E-state index is 12.1. The molecule has 9 heteroatoms. The van der Waals surface area contributed by atoms with Gasteiger partial charge in [-0.15, -0.1) is 24.0 Å². The van der Waals surface area contributed by atoms with Crippen LogP contribution in [-0.2, 0) is 14.8 Å². The van der Waals surface area contributed by atoms with Crippen molar-refractivity contribution < 1.29 is 13.2 Å². The van der Waals surface area contributed by atoms with Crippen molar-refractivity contribution in [2.24, 2.45) is 10.9 Å². The Bertz CT molecular complexity index is 652. The van der Waals surface area contributed by atoms with Crippen LogP contribution in [0, 0.1) is 5.92 Å². The first-order valence-electron chi connectivity index (χ1n) is 9.26. The average Bonchev–Trinajstić information content (AvgIpc) is 3.46. The molecular formula is C18H31IN4O3S. The Morgan fingerprint density at radius 1 is 1.19 bits per heavy atom. The van der Waals surface area contributed by atoms with Crippen molar-refractivity contribution in [3.63, 3.8) is 0 Å². The van der Waals surface area contributed by atoms with Crippen molar-refractivity contribution in [2.75, 3.05) is 39.4 Å². The van der Waals surface area contributed by atoms with Crippen LogP contribution in [-0.4, -0.2) is 53.8 Å². The van der Waals surface area contributed by atoms with Crippen LogP contribution >= 0.6 is 24.0 Å². The number of ether oxygens (including phenoxy) is 1. The second-order valence-corrected chi connectivity index (χ2v) is 8.04. The van der Waals surface area contributed by atoms with Crippen LogP contribution in [0.1, 0.15) is 26.2 Å². The number of guanidine groups is 1. The molecule has 0 aliphatic heterocycles. The Hall–Kier alpha value is -0.910. The van der Waals surface area contributed by atoms with Crippen molar-refractivity contribution in [3.8, 4) is 0 Å². The Labute approximate surface area is 179 Å². The van der Waals surface area contributed by atoms with E-state index in [0.717, 1.165) is 32.1 Å². The van der Waals surface area contributed by atoms with Crippen LogP contribution in [0.15, 0.2) is 40.2 Å². The SMILES string of the molecule is CCNC(=NCCCOCC1CC1)NCCNS(=O)(=O)c1ccccc1.I. The molecule has 1 aromatic carbocycles. The summed E-state index contributed by atoms with van der Waals surface area (Å²) >= 11 is 0. The van der Waals surface area contributed by atoms with E-state index in [2.05, 4.69) is 20.3 Å². The summed E-state index contributed by atoms with van der Waals surface area (Å²) < 4.78 is 32.4. The van der Waals surface area contributed by atoms with Crippen molar-refractivity contribution in [1.29, 1.82) is 0 Å². The molecule has 2 rings (SSSR count). The minimum atomic E-state index is -3.47. The molecule has 154 valence electrons. The van der Waals surface area contributed by atoms with Crippen LogP contribution in [0.5, 0.6) is 0 Å². The fourth-order valence-electron chi connectivity index (χ4n) is 2.28. The summed E-state index contributed by atoms with van der Waals surface area (Å²) in [5, 5.41) is 6.29. The highest BCUT2D eigenvalue weighted by molar-refractivity contribution is 14.0. The summed E-state index contributed by atoms with van der Waals surface area (Å²) in [5.41, 5.74) is 0. The van der Waals surface area contributed by atoms with Gasteiger partial charge in [-0.1, -0.05) is 18.2 Å². The second kappa shape index (κ2) is 13.3. The van der Waals surface area contributed by atoms with Crippen LogP contribution in [0.25, 0.3) is 0 Å². The Kier molecular flexibility index (Phi) is 11.9. The summed E-state index contributed by atoms with van der Waals surface area (Å²) in [4.78, 5) is 4.75. The molecule has 0 atom stereocenters. The lowest BCUT2D eigenvalue weighted by molar-refractivity contribution is 0.123. The molecule has 0 aromatic heterocycles. The smallest absolute Gasteiger partial charge is 0.240 e. The van der Waals surface area contributed by atoms with E-state index in [-0.39, 0.29) is 35.4 Å². The predicted octanol–water partition coefficient (Wildman–Crippen LogP) is 1.95. The monoisotopic (exact) mass is 510 g/mol. The third-order valence-electron chi connectivity index (χ3n) is 3.87. The average molecular weight is 510 g/mol. The molecule has 1 fully saturated rings. The Balaban J connectivity index is 0.00000364. The molecule has 1 aliphatic rings. The largest absolute Gasteiger partial charge is 0.381 e. The van der Waals surface area contributed by atoms with E-state index in [1.807, 2.05) is 6.92 Å². The van der Waals surface area contributed by atoms with Gasteiger partial charge in [0.25, 0.3) is 0 Å². The Morgan fingerprint density at radius 3 is 2.59 bits per heavy atom. The molecule has 0 amide bonds. The second-order valence-electron chi connectivity index (χ2n) is 6.27. The van der Waals surface area contributed by atoms with Crippen LogP contribution in [0.4, 0.5) is 0 Å². The molecule has 1 aliphatic carbocycles. The summed E-state index contributed by atoms with van der Waals surface area (Å²) in [7, 11) is -3.47. The number of aliphatic imine (C=N–C) groups is 1. The lowest BCUT2D eigenvalue weighted by Gasteiger charge is -2.12. The molecule has 0 saturated heterocycles. The van der Waals surface area contributed by atoms with Crippen LogP contribution < -0.4 is 15.4 Å². The molecule has 0 heterocycles. The molecule has 27 heavy (non-hydrogen) atoms. The number of hydrogen-bond acceptors (Lipinski definition) is 4. The fourth-order valence-corrected chi connectivity index (χ4v) is 3.34. The summed E-state index contributed by atoms with van der Waals surface area (Å²) in [6, 6.07) is 8.35. The number of halogens is 1. The summed E-state index contributed by atoms with van der Waals surface area (Å²) in [6.45, 7) is 5.77. The molecule has 7 nitrogen and oxygen atoms in total. The molecule has 0 bridgehead atoms. The van der Waals surface area contributed by atoms with E-state index < -0.39 is 10.0 Å². The minimum Gasteiger partial charge on any atom is -0.381 e. The number of nitrogens with one attached hydrogen (secondary N) is 3. The molecule has 0 unspecified atom stereocenters. The highest BCUT2D eigenvalue weighted by atomic mass is 127. The van der Waals surface area contributed by atoms with E-state index in [0.29, 0.717) is 19.0 Å². The van der Waals surface area contributed by atoms with Gasteiger partial charge >= 0.3 is 0 Å². The van der Waals surface area contributed by atoms with E-state index in [9.17, 15) is 8.42 Å². The quantitative estimate of drug-likeness (QED) is 0.173. The van der Waals surface area contributed by atoms with Gasteiger partial charge in [0.2, 0.25) is 10.0 Å². The number of sulfonamides is 1. The fraction of sp³-hybridized carbons (Fsp3) is 0.611. The summed E-state index contributed by atoms with van der Waals surface area (Å²) in [5.74, 6) is 1.48. The van der Waals surface area contributed by atoms with Gasteiger partial charge in [-0.05, 0) is 44.2 Å². The van der Waals surface area contributed by atoms with Gasteiger partial charge < -0.3 is 15.4 Å². The van der Waals surface area contributed by atoms with Crippen LogP contribution in [0.2, 0.25) is 0 Å². The molecule has 0 spiro atoms. The predicted molar refractivity (Wildman–Crippen MR) is 119 cm³/mol. The van der Waals surface area contributed by atoms with Gasteiger partial charge in [-0.3, -0.25) is 4.99 Å². The van der Waals surface area contributed by atoms with Gasteiger partial charge in [0.15, 0.2) is 5.96 Å². The number of nitrogens with zero attached hydrogens (tertiary/aromatic N) is 1. The van der Waals surface area contributed by atoms with Gasteiger partial charge in [0, 0.05) is 39.4 Å². The molecule has 1 aromatic rings. The topological polar surface area (TPSA) is 91.8 Å². The first-order chi connectivity index (χ1) is 12.6. The van der Waals surface area contributed by atoms with Crippen molar-refractivity contribution in [2.45, 2.75) is 31.1 Å².